The van der Waals surface area contributed by atoms with E-state index >= 15 is 0 Å². The van der Waals surface area contributed by atoms with Crippen molar-refractivity contribution in [3.8, 4) is 0 Å². The number of methoxy groups -OCH3 is 1. The van der Waals surface area contributed by atoms with Crippen molar-refractivity contribution < 1.29 is 4.74 Å². The molecule has 0 amide bonds. The Balaban J connectivity index is 1.95. The molecule has 0 bridgehead atoms. The number of aromatic nitrogens is 2. The highest BCUT2D eigenvalue weighted by molar-refractivity contribution is 8.00. The average molecular weight is 269 g/mol. The molecule has 4 nitrogen and oxygen atoms in total. The van der Waals surface area contributed by atoms with Gasteiger partial charge in [0.1, 0.15) is 0 Å². The lowest BCUT2D eigenvalue weighted by Crippen LogP contribution is -2.28. The minimum atomic E-state index is 0.309. The Morgan fingerprint density at radius 1 is 1.67 bits per heavy atom. The van der Waals surface area contributed by atoms with Crippen LogP contribution in [0.1, 0.15) is 32.7 Å². The van der Waals surface area contributed by atoms with Crippen molar-refractivity contribution in [3.05, 3.63) is 12.4 Å². The van der Waals surface area contributed by atoms with Gasteiger partial charge in [-0.2, -0.15) is 11.8 Å². The van der Waals surface area contributed by atoms with E-state index in [1.165, 1.54) is 18.6 Å². The summed E-state index contributed by atoms with van der Waals surface area (Å²) >= 11 is 2.07. The van der Waals surface area contributed by atoms with Crippen LogP contribution in [-0.2, 0) is 4.74 Å². The Kier molecular flexibility index (Phi) is 4.56. The monoisotopic (exact) mass is 269 g/mol. The second kappa shape index (κ2) is 5.97. The quantitative estimate of drug-likeness (QED) is 0.862. The van der Waals surface area contributed by atoms with Gasteiger partial charge in [-0.25, -0.2) is 4.98 Å². The predicted molar refractivity (Wildman–Crippen MR) is 77.4 cm³/mol. The van der Waals surface area contributed by atoms with Crippen LogP contribution in [0.4, 0.5) is 5.95 Å². The highest BCUT2D eigenvalue weighted by atomic mass is 32.2. The Labute approximate surface area is 114 Å². The number of imidazole rings is 1. The topological polar surface area (TPSA) is 39.1 Å². The van der Waals surface area contributed by atoms with Gasteiger partial charge in [-0.05, 0) is 32.4 Å². The Hall–Kier alpha value is -0.680. The summed E-state index contributed by atoms with van der Waals surface area (Å²) in [6.45, 7) is 6.16. The van der Waals surface area contributed by atoms with E-state index in [9.17, 15) is 0 Å². The molecule has 2 atom stereocenters. The van der Waals surface area contributed by atoms with Crippen molar-refractivity contribution >= 4 is 17.7 Å². The number of rotatable bonds is 6. The molecule has 0 radical (unpaired) electrons. The van der Waals surface area contributed by atoms with E-state index in [2.05, 4.69) is 40.5 Å². The summed E-state index contributed by atoms with van der Waals surface area (Å²) in [5.41, 5.74) is 0. The van der Waals surface area contributed by atoms with Gasteiger partial charge in [0.05, 0.1) is 12.6 Å². The smallest absolute Gasteiger partial charge is 0.203 e. The third kappa shape index (κ3) is 3.20. The van der Waals surface area contributed by atoms with Crippen LogP contribution in [0, 0.1) is 0 Å². The van der Waals surface area contributed by atoms with Crippen LogP contribution in [-0.4, -0.2) is 40.3 Å². The molecule has 18 heavy (non-hydrogen) atoms. The van der Waals surface area contributed by atoms with E-state index in [0.29, 0.717) is 17.4 Å². The molecule has 0 spiro atoms. The molecule has 0 saturated carbocycles. The minimum Gasteiger partial charge on any atom is -0.383 e. The molecule has 0 aromatic carbocycles. The summed E-state index contributed by atoms with van der Waals surface area (Å²) < 4.78 is 7.71. The fraction of sp³-hybridized carbons (Fsp3) is 0.769. The van der Waals surface area contributed by atoms with Crippen molar-refractivity contribution in [1.29, 1.82) is 0 Å². The zero-order chi connectivity index (χ0) is 13.0. The first-order chi connectivity index (χ1) is 8.64. The van der Waals surface area contributed by atoms with Gasteiger partial charge in [-0.15, -0.1) is 0 Å². The lowest BCUT2D eigenvalue weighted by atomic mass is 10.1. The Bertz CT molecular complexity index is 374. The van der Waals surface area contributed by atoms with E-state index in [0.717, 1.165) is 12.5 Å². The normalized spacial score (nSPS) is 25.3. The molecule has 5 heteroatoms. The van der Waals surface area contributed by atoms with Gasteiger partial charge in [-0.1, -0.05) is 0 Å². The van der Waals surface area contributed by atoms with Crippen molar-refractivity contribution in [2.24, 2.45) is 0 Å². The van der Waals surface area contributed by atoms with E-state index in [4.69, 9.17) is 4.74 Å². The second-order valence-corrected chi connectivity index (χ2v) is 6.90. The van der Waals surface area contributed by atoms with Crippen molar-refractivity contribution in [3.63, 3.8) is 0 Å². The summed E-state index contributed by atoms with van der Waals surface area (Å²) in [4.78, 5) is 4.40. The molecule has 1 fully saturated rings. The van der Waals surface area contributed by atoms with Crippen LogP contribution >= 0.6 is 11.8 Å². The summed E-state index contributed by atoms with van der Waals surface area (Å²) in [6, 6.07) is 0.309. The van der Waals surface area contributed by atoms with Crippen LogP contribution in [0.5, 0.6) is 0 Å². The SMILES string of the molecule is COCC(C)n1ccnc1NCC1(C)CCCS1. The first-order valence-corrected chi connectivity index (χ1v) is 7.53. The van der Waals surface area contributed by atoms with E-state index < -0.39 is 0 Å². The number of nitrogens with zero attached hydrogens (tertiary/aromatic N) is 2. The molecule has 2 rings (SSSR count). The fourth-order valence-electron chi connectivity index (χ4n) is 2.37. The Morgan fingerprint density at radius 2 is 2.50 bits per heavy atom. The molecule has 1 aliphatic heterocycles. The molecule has 1 aromatic heterocycles. The highest BCUT2D eigenvalue weighted by Crippen LogP contribution is 2.37. The maximum absolute atomic E-state index is 5.20. The zero-order valence-corrected chi connectivity index (χ0v) is 12.3. The van der Waals surface area contributed by atoms with Crippen molar-refractivity contribution in [2.75, 3.05) is 31.3 Å². The van der Waals surface area contributed by atoms with Gasteiger partial charge >= 0.3 is 0 Å². The number of nitrogens with one attached hydrogen (secondary N) is 1. The van der Waals surface area contributed by atoms with Crippen LogP contribution in [0.15, 0.2) is 12.4 Å². The van der Waals surface area contributed by atoms with Gasteiger partial charge < -0.3 is 14.6 Å². The zero-order valence-electron chi connectivity index (χ0n) is 11.5. The minimum absolute atomic E-state index is 0.309. The number of hydrogen-bond acceptors (Lipinski definition) is 4. The molecule has 1 saturated heterocycles. The lowest BCUT2D eigenvalue weighted by Gasteiger charge is -2.24. The number of ether oxygens (including phenoxy) is 1. The van der Waals surface area contributed by atoms with E-state index in [1.807, 2.05) is 12.4 Å². The lowest BCUT2D eigenvalue weighted by molar-refractivity contribution is 0.163. The Morgan fingerprint density at radius 3 is 3.17 bits per heavy atom. The van der Waals surface area contributed by atoms with Crippen LogP contribution in [0.3, 0.4) is 0 Å². The molecule has 1 N–H and O–H groups in total. The summed E-state index contributed by atoms with van der Waals surface area (Å²) in [7, 11) is 1.73. The maximum atomic E-state index is 5.20. The first kappa shape index (κ1) is 13.7. The standard InChI is InChI=1S/C13H23N3OS/c1-11(9-17-3)16-7-6-14-12(16)15-10-13(2)5-4-8-18-13/h6-7,11H,4-5,8-10H2,1-3H3,(H,14,15). The molecule has 1 aliphatic rings. The van der Waals surface area contributed by atoms with Crippen LogP contribution < -0.4 is 5.32 Å². The van der Waals surface area contributed by atoms with E-state index in [1.54, 1.807) is 7.11 Å². The molecular formula is C13H23N3OS. The third-order valence-corrected chi connectivity index (χ3v) is 5.01. The van der Waals surface area contributed by atoms with Crippen LogP contribution in [0.25, 0.3) is 0 Å². The van der Waals surface area contributed by atoms with Crippen molar-refractivity contribution in [1.82, 2.24) is 9.55 Å². The molecule has 1 aromatic rings. The number of thioether (sulfide) groups is 1. The average Bonchev–Trinajstić information content (AvgIpc) is 2.96. The summed E-state index contributed by atoms with van der Waals surface area (Å²) in [6.07, 6.45) is 6.48. The molecule has 2 heterocycles. The summed E-state index contributed by atoms with van der Waals surface area (Å²) in [5.74, 6) is 2.24. The van der Waals surface area contributed by atoms with Gasteiger partial charge in [0.15, 0.2) is 0 Å². The van der Waals surface area contributed by atoms with E-state index in [-0.39, 0.29) is 0 Å². The first-order valence-electron chi connectivity index (χ1n) is 6.54. The van der Waals surface area contributed by atoms with Gasteiger partial charge in [0.25, 0.3) is 0 Å². The molecular weight excluding hydrogens is 246 g/mol. The van der Waals surface area contributed by atoms with Crippen LogP contribution in [0.2, 0.25) is 0 Å². The number of anilines is 1. The predicted octanol–water partition coefficient (Wildman–Crippen LogP) is 2.79. The van der Waals surface area contributed by atoms with Gasteiger partial charge in [0, 0.05) is 30.8 Å². The highest BCUT2D eigenvalue weighted by Gasteiger charge is 2.29. The van der Waals surface area contributed by atoms with Gasteiger partial charge in [-0.3, -0.25) is 0 Å². The molecule has 102 valence electrons. The number of hydrogen-bond donors (Lipinski definition) is 1. The third-order valence-electron chi connectivity index (χ3n) is 3.47. The fourth-order valence-corrected chi connectivity index (χ4v) is 3.61. The largest absolute Gasteiger partial charge is 0.383 e. The molecule has 2 unspecified atom stereocenters. The van der Waals surface area contributed by atoms with Crippen molar-refractivity contribution in [2.45, 2.75) is 37.5 Å². The van der Waals surface area contributed by atoms with Gasteiger partial charge in [0.2, 0.25) is 5.95 Å². The molecule has 0 aliphatic carbocycles. The second-order valence-electron chi connectivity index (χ2n) is 5.22. The summed E-state index contributed by atoms with van der Waals surface area (Å²) in [5, 5.41) is 3.49. The maximum Gasteiger partial charge on any atom is 0.203 e.